The van der Waals surface area contributed by atoms with E-state index < -0.39 is 5.91 Å². The molecular weight excluding hydrogens is 385 g/mol. The third-order valence-electron chi connectivity index (χ3n) is 4.24. The van der Waals surface area contributed by atoms with Gasteiger partial charge in [-0.3, -0.25) is 4.79 Å². The van der Waals surface area contributed by atoms with E-state index in [1.165, 1.54) is 0 Å². The van der Waals surface area contributed by atoms with E-state index in [4.69, 9.17) is 38.9 Å². The molecule has 3 aromatic rings. The summed E-state index contributed by atoms with van der Waals surface area (Å²) in [7, 11) is 0. The van der Waals surface area contributed by atoms with E-state index in [1.807, 2.05) is 22.8 Å². The van der Waals surface area contributed by atoms with Crippen LogP contribution in [0.15, 0.2) is 42.5 Å². The van der Waals surface area contributed by atoms with Crippen molar-refractivity contribution in [3.8, 4) is 11.8 Å². The highest BCUT2D eigenvalue weighted by atomic mass is 35.5. The number of benzene rings is 2. The highest BCUT2D eigenvalue weighted by Crippen LogP contribution is 2.28. The molecule has 0 aliphatic heterocycles. The van der Waals surface area contributed by atoms with Crippen molar-refractivity contribution < 1.29 is 9.53 Å². The molecule has 1 heterocycles. The molecule has 0 spiro atoms. The molecular formula is C20H17Cl2N3O2. The molecule has 1 aromatic heterocycles. The number of nitriles is 1. The van der Waals surface area contributed by atoms with Gasteiger partial charge in [-0.25, -0.2) is 0 Å². The van der Waals surface area contributed by atoms with Crippen LogP contribution in [-0.4, -0.2) is 10.5 Å². The summed E-state index contributed by atoms with van der Waals surface area (Å²) in [6, 6.07) is 14.7. The Balaban J connectivity index is 1.87. The molecule has 7 heteroatoms. The number of carbonyl (C=O) groups is 1. The number of hydrogen-bond acceptors (Lipinski definition) is 3. The molecule has 0 saturated heterocycles. The Morgan fingerprint density at radius 2 is 1.93 bits per heavy atom. The van der Waals surface area contributed by atoms with Crippen molar-refractivity contribution in [2.24, 2.45) is 5.73 Å². The number of fused-ring (bicyclic) bond motifs is 1. The number of aryl methyl sites for hydroxylation is 1. The van der Waals surface area contributed by atoms with Gasteiger partial charge >= 0.3 is 0 Å². The van der Waals surface area contributed by atoms with Crippen LogP contribution in [0.4, 0.5) is 0 Å². The van der Waals surface area contributed by atoms with Gasteiger partial charge in [-0.2, -0.15) is 5.26 Å². The van der Waals surface area contributed by atoms with Crippen molar-refractivity contribution in [3.05, 3.63) is 63.8 Å². The minimum atomic E-state index is -0.506. The maximum Gasteiger partial charge on any atom is 0.265 e. The molecule has 0 bridgehead atoms. The van der Waals surface area contributed by atoms with Crippen molar-refractivity contribution in [1.29, 1.82) is 5.26 Å². The standard InChI is InChI=1S/C20H17Cl2N3O2/c21-16-4-3-5-17(22)15(16)12-27-14-6-7-18-13(10-14)11-19(20(24)26)25(18)9-2-1-8-23/h3-7,10-11H,1-2,9,12H2,(H2,24,26). The van der Waals surface area contributed by atoms with Crippen LogP contribution < -0.4 is 10.5 Å². The zero-order valence-electron chi connectivity index (χ0n) is 14.4. The summed E-state index contributed by atoms with van der Waals surface area (Å²) in [6.07, 6.45) is 1.06. The van der Waals surface area contributed by atoms with Crippen LogP contribution in [0.2, 0.25) is 10.0 Å². The molecule has 138 valence electrons. The van der Waals surface area contributed by atoms with Gasteiger partial charge < -0.3 is 15.0 Å². The number of nitrogens with zero attached hydrogens (tertiary/aromatic N) is 2. The summed E-state index contributed by atoms with van der Waals surface area (Å²) in [5.41, 5.74) is 7.50. The molecule has 0 unspecified atom stereocenters. The van der Waals surface area contributed by atoms with E-state index in [1.54, 1.807) is 24.3 Å². The van der Waals surface area contributed by atoms with E-state index in [2.05, 4.69) is 6.07 Å². The summed E-state index contributed by atoms with van der Waals surface area (Å²) in [5, 5.41) is 10.7. The number of halogens is 2. The first-order chi connectivity index (χ1) is 13.0. The first-order valence-electron chi connectivity index (χ1n) is 8.37. The fourth-order valence-electron chi connectivity index (χ4n) is 2.93. The molecule has 2 aromatic carbocycles. The average Bonchev–Trinajstić information content (AvgIpc) is 3.00. The number of aromatic nitrogens is 1. The van der Waals surface area contributed by atoms with Gasteiger partial charge in [0.15, 0.2) is 0 Å². The molecule has 5 nitrogen and oxygen atoms in total. The quantitative estimate of drug-likeness (QED) is 0.569. The first-order valence-corrected chi connectivity index (χ1v) is 9.12. The molecule has 0 atom stereocenters. The van der Waals surface area contributed by atoms with Gasteiger partial charge in [-0.05, 0) is 42.8 Å². The number of unbranched alkanes of at least 4 members (excludes halogenated alkanes) is 1. The second kappa shape index (κ2) is 8.34. The Hall–Kier alpha value is -2.68. The first kappa shape index (κ1) is 19.1. The predicted molar refractivity (Wildman–Crippen MR) is 106 cm³/mol. The van der Waals surface area contributed by atoms with Crippen LogP contribution in [0.25, 0.3) is 10.9 Å². The summed E-state index contributed by atoms with van der Waals surface area (Å²) in [4.78, 5) is 11.8. The van der Waals surface area contributed by atoms with E-state index in [0.29, 0.717) is 46.4 Å². The maximum absolute atomic E-state index is 11.8. The number of nitrogens with two attached hydrogens (primary N) is 1. The third kappa shape index (κ3) is 4.19. The molecule has 0 saturated carbocycles. The molecule has 2 N–H and O–H groups in total. The lowest BCUT2D eigenvalue weighted by Gasteiger charge is -2.10. The number of primary amides is 1. The SMILES string of the molecule is N#CCCCn1c(C(N)=O)cc2cc(OCc3c(Cl)cccc3Cl)ccc21. The van der Waals surface area contributed by atoms with E-state index in [0.717, 1.165) is 10.9 Å². The Bertz CT molecular complexity index is 1020. The highest BCUT2D eigenvalue weighted by Gasteiger charge is 2.14. The second-order valence-corrected chi connectivity index (χ2v) is 6.83. The molecule has 1 amide bonds. The lowest BCUT2D eigenvalue weighted by Crippen LogP contribution is -2.16. The zero-order valence-corrected chi connectivity index (χ0v) is 15.9. The van der Waals surface area contributed by atoms with Gasteiger partial charge in [0.05, 0.1) is 6.07 Å². The van der Waals surface area contributed by atoms with Crippen molar-refractivity contribution in [2.45, 2.75) is 26.0 Å². The second-order valence-electron chi connectivity index (χ2n) is 6.02. The fraction of sp³-hybridized carbons (Fsp3) is 0.200. The van der Waals surface area contributed by atoms with E-state index in [9.17, 15) is 4.79 Å². The minimum absolute atomic E-state index is 0.232. The average molecular weight is 402 g/mol. The molecule has 27 heavy (non-hydrogen) atoms. The summed E-state index contributed by atoms with van der Waals surface area (Å²) >= 11 is 12.3. The topological polar surface area (TPSA) is 81.0 Å². The fourth-order valence-corrected chi connectivity index (χ4v) is 3.43. The number of ether oxygens (including phenoxy) is 1. The summed E-state index contributed by atoms with van der Waals surface area (Å²) < 4.78 is 7.67. The van der Waals surface area contributed by atoms with Crippen LogP contribution >= 0.6 is 23.2 Å². The minimum Gasteiger partial charge on any atom is -0.489 e. The van der Waals surface area contributed by atoms with Gasteiger partial charge in [-0.1, -0.05) is 29.3 Å². The Kier molecular flexibility index (Phi) is 5.90. The monoisotopic (exact) mass is 401 g/mol. The highest BCUT2D eigenvalue weighted by molar-refractivity contribution is 6.35. The van der Waals surface area contributed by atoms with Crippen LogP contribution in [0.3, 0.4) is 0 Å². The number of rotatable bonds is 7. The molecule has 0 aliphatic carbocycles. The predicted octanol–water partition coefficient (Wildman–Crippen LogP) is 4.93. The largest absolute Gasteiger partial charge is 0.489 e. The van der Waals surface area contributed by atoms with Crippen molar-refractivity contribution >= 4 is 40.0 Å². The lowest BCUT2D eigenvalue weighted by molar-refractivity contribution is 0.0991. The molecule has 0 aliphatic rings. The summed E-state index contributed by atoms with van der Waals surface area (Å²) in [6.45, 7) is 0.778. The number of amides is 1. The normalized spacial score (nSPS) is 10.7. The lowest BCUT2D eigenvalue weighted by atomic mass is 10.2. The van der Waals surface area contributed by atoms with Gasteiger partial charge in [0.2, 0.25) is 0 Å². The van der Waals surface area contributed by atoms with Crippen LogP contribution in [0.5, 0.6) is 5.75 Å². The number of hydrogen-bond donors (Lipinski definition) is 1. The smallest absolute Gasteiger partial charge is 0.265 e. The van der Waals surface area contributed by atoms with E-state index in [-0.39, 0.29) is 6.61 Å². The zero-order chi connectivity index (χ0) is 19.4. The Morgan fingerprint density at radius 3 is 2.59 bits per heavy atom. The third-order valence-corrected chi connectivity index (χ3v) is 4.95. The Morgan fingerprint density at radius 1 is 1.19 bits per heavy atom. The molecule has 0 radical (unpaired) electrons. The molecule has 3 rings (SSSR count). The van der Waals surface area contributed by atoms with Crippen LogP contribution in [-0.2, 0) is 13.2 Å². The van der Waals surface area contributed by atoms with Crippen LogP contribution in [0, 0.1) is 11.3 Å². The van der Waals surface area contributed by atoms with Gasteiger partial charge in [0.25, 0.3) is 5.91 Å². The van der Waals surface area contributed by atoms with Crippen molar-refractivity contribution in [2.75, 3.05) is 0 Å². The number of carbonyl (C=O) groups excluding carboxylic acids is 1. The van der Waals surface area contributed by atoms with Gasteiger partial charge in [0.1, 0.15) is 18.1 Å². The van der Waals surface area contributed by atoms with E-state index >= 15 is 0 Å². The summed E-state index contributed by atoms with van der Waals surface area (Å²) in [5.74, 6) is 0.122. The van der Waals surface area contributed by atoms with Crippen LogP contribution in [0.1, 0.15) is 28.9 Å². The van der Waals surface area contributed by atoms with Crippen molar-refractivity contribution in [1.82, 2.24) is 4.57 Å². The Labute approximate surface area is 166 Å². The van der Waals surface area contributed by atoms with Gasteiger partial charge in [0, 0.05) is 39.5 Å². The van der Waals surface area contributed by atoms with Gasteiger partial charge in [-0.15, -0.1) is 0 Å². The maximum atomic E-state index is 11.8. The van der Waals surface area contributed by atoms with Crippen molar-refractivity contribution in [3.63, 3.8) is 0 Å². The molecule has 0 fully saturated rings.